The molecule has 0 aliphatic rings. The van der Waals surface area contributed by atoms with Crippen molar-refractivity contribution in [3.63, 3.8) is 0 Å². The predicted octanol–water partition coefficient (Wildman–Crippen LogP) is 9.22. The summed E-state index contributed by atoms with van der Waals surface area (Å²) in [5.41, 5.74) is 12.7. The lowest BCUT2D eigenvalue weighted by molar-refractivity contribution is -0.434. The molecule has 30 heteroatoms. The lowest BCUT2D eigenvalue weighted by Crippen LogP contribution is -2.12. The van der Waals surface area contributed by atoms with Crippen molar-refractivity contribution in [3.8, 4) is 11.5 Å². The van der Waals surface area contributed by atoms with Crippen LogP contribution in [0.25, 0.3) is 10.8 Å². The first kappa shape index (κ1) is 50.0. The first-order valence-corrected chi connectivity index (χ1v) is 24.2. The quantitative estimate of drug-likeness (QED) is 0.00671. The van der Waals surface area contributed by atoms with E-state index in [4.69, 9.17) is 30.9 Å². The molecule has 0 heterocycles. The molecule has 352 valence electrons. The summed E-state index contributed by atoms with van der Waals surface area (Å²) in [4.78, 5) is -1.32. The molecule has 0 aliphatic carbocycles. The van der Waals surface area contributed by atoms with Crippen LogP contribution in [0.1, 0.15) is 0 Å². The highest BCUT2D eigenvalue weighted by atomic mass is 32.2. The van der Waals surface area contributed by atoms with E-state index in [9.17, 15) is 34.9 Å². The number of anilines is 3. The van der Waals surface area contributed by atoms with Gasteiger partial charge in [0.05, 0.1) is 74.3 Å². The molecule has 25 nitrogen and oxygen atoms in total. The lowest BCUT2D eigenvalue weighted by atomic mass is 10.0. The van der Waals surface area contributed by atoms with Gasteiger partial charge in [-0.3, -0.25) is 13.5 Å². The predicted molar refractivity (Wildman–Crippen MR) is 241 cm³/mol. The molecule has 6 aromatic rings. The van der Waals surface area contributed by atoms with Crippen LogP contribution in [0.15, 0.2) is 153 Å². The second-order valence-corrected chi connectivity index (χ2v) is 19.5. The minimum Gasteiger partial charge on any atom is -0.505 e. The van der Waals surface area contributed by atoms with E-state index in [0.717, 1.165) is 12.1 Å². The van der Waals surface area contributed by atoms with Gasteiger partial charge in [-0.2, -0.15) is 23.8 Å². The summed E-state index contributed by atoms with van der Waals surface area (Å²) in [6.07, 6.45) is 0. The number of nitrogens with zero attached hydrogens (tertiary/aromatic N) is 6. The van der Waals surface area contributed by atoms with Gasteiger partial charge >= 0.3 is 0 Å². The lowest BCUT2D eigenvalue weighted by Gasteiger charge is -2.14. The van der Waals surface area contributed by atoms with Gasteiger partial charge in [-0.05, 0) is 97.1 Å². The van der Waals surface area contributed by atoms with Gasteiger partial charge in [0.25, 0.3) is 20.1 Å². The number of benzene rings is 6. The van der Waals surface area contributed by atoms with Crippen LogP contribution in [-0.2, 0) is 52.9 Å². The SMILES string of the molecule is COc1cc(N)ccc1/N=N/c1ccc(NS(=O)(=O)c2ccc(/N=N/c3cc(S(=O)(=O)O)c4cc(SOOO)c(/N=N/c5ccc(S(=O)(=O)CCOSOOO)cc5)c(O)c4c3N)cc2)cc1. The molecule has 0 unspecified atom stereocenters. The zero-order chi connectivity index (χ0) is 48.4. The molecule has 6 rings (SSSR count). The average molecular weight is 1020 g/mol. The van der Waals surface area contributed by atoms with Crippen LogP contribution >= 0.6 is 24.4 Å². The molecule has 0 aliphatic heterocycles. The standard InChI is InChI=1S/C37H33N9O16S5/c1-57-31-18-21(38)2-15-29(31)43-40-22-3-5-25(6-4-22)46-66(52,53)27-13-9-23(10-14-27)41-44-30-20-33(67(54,55)56)28-19-32(63-61-59-48)36(37(47)34(28)35(30)39)45-42-24-7-11-26(12-8-24)65(50,51)17-16-58-64-62-60-49/h2-15,18-20,46-49H,16-17,38-39H2,1H3,(H,54,55,56)/b43-40+,44-41+,45-42+. The van der Waals surface area contributed by atoms with Crippen molar-refractivity contribution in [1.82, 2.24) is 0 Å². The topological polar surface area (TPSA) is 377 Å². The second kappa shape index (κ2) is 21.9. The highest BCUT2D eigenvalue weighted by Gasteiger charge is 2.26. The van der Waals surface area contributed by atoms with Gasteiger partial charge in [-0.25, -0.2) is 27.4 Å². The van der Waals surface area contributed by atoms with Crippen LogP contribution < -0.4 is 20.9 Å². The van der Waals surface area contributed by atoms with E-state index in [1.54, 1.807) is 30.3 Å². The minimum atomic E-state index is -5.09. The van der Waals surface area contributed by atoms with Crippen molar-refractivity contribution < 1.29 is 73.1 Å². The number of nitrogens with one attached hydrogen (secondary N) is 1. The average Bonchev–Trinajstić information content (AvgIpc) is 3.30. The first-order chi connectivity index (χ1) is 31.9. The number of phenolic OH excluding ortho intramolecular Hbond substituents is 1. The minimum absolute atomic E-state index is 0.0589. The molecule has 0 radical (unpaired) electrons. The summed E-state index contributed by atoms with van der Waals surface area (Å²) in [5, 5.41) is 59.1. The molecule has 0 atom stereocenters. The van der Waals surface area contributed by atoms with Crippen LogP contribution in [0.2, 0.25) is 0 Å². The summed E-state index contributed by atoms with van der Waals surface area (Å²) in [5.74, 6) is -0.880. The third-order valence-electron chi connectivity index (χ3n) is 8.77. The van der Waals surface area contributed by atoms with Crippen molar-refractivity contribution in [2.45, 2.75) is 19.6 Å². The smallest absolute Gasteiger partial charge is 0.295 e. The van der Waals surface area contributed by atoms with Gasteiger partial charge in [0, 0.05) is 22.8 Å². The molecule has 0 bridgehead atoms. The molecule has 6 aromatic carbocycles. The van der Waals surface area contributed by atoms with Gasteiger partial charge in [-0.1, -0.05) is 10.1 Å². The number of sulfone groups is 1. The first-order valence-electron chi connectivity index (χ1n) is 18.2. The number of sulfonamides is 1. The van der Waals surface area contributed by atoms with Gasteiger partial charge in [0.1, 0.15) is 27.7 Å². The van der Waals surface area contributed by atoms with Crippen molar-refractivity contribution in [2.24, 2.45) is 30.7 Å². The van der Waals surface area contributed by atoms with E-state index in [1.165, 1.54) is 67.8 Å². The number of nitrogen functional groups attached to an aromatic ring is 2. The molecule has 0 saturated carbocycles. The van der Waals surface area contributed by atoms with E-state index >= 15 is 0 Å². The Kier molecular flexibility index (Phi) is 16.4. The van der Waals surface area contributed by atoms with Crippen LogP contribution in [0.4, 0.5) is 51.2 Å². The van der Waals surface area contributed by atoms with Crippen LogP contribution in [-0.4, -0.2) is 64.9 Å². The zero-order valence-corrected chi connectivity index (χ0v) is 37.9. The number of phenols is 1. The number of hydrogen-bond acceptors (Lipinski definition) is 25. The molecule has 0 spiro atoms. The van der Waals surface area contributed by atoms with E-state index in [1.807, 2.05) is 0 Å². The maximum absolute atomic E-state index is 13.2. The van der Waals surface area contributed by atoms with Gasteiger partial charge in [-0.15, -0.1) is 24.0 Å². The summed E-state index contributed by atoms with van der Waals surface area (Å²) >= 11 is 0.451. The summed E-state index contributed by atoms with van der Waals surface area (Å²) in [6.45, 7) is -0.332. The Balaban J connectivity index is 1.24. The zero-order valence-electron chi connectivity index (χ0n) is 33.8. The molecular formula is C37H33N9O16S5. The number of ether oxygens (including phenoxy) is 1. The summed E-state index contributed by atoms with van der Waals surface area (Å²) < 4.78 is 108. The van der Waals surface area contributed by atoms with Crippen molar-refractivity contribution >= 4 is 116 Å². The fourth-order valence-corrected chi connectivity index (χ4v) is 9.33. The number of nitrogens with two attached hydrogens (primary N) is 2. The molecule has 0 fully saturated rings. The van der Waals surface area contributed by atoms with E-state index in [0.29, 0.717) is 22.8 Å². The molecule has 67 heavy (non-hydrogen) atoms. The Labute approximate surface area is 388 Å². The van der Waals surface area contributed by atoms with E-state index in [-0.39, 0.29) is 79.5 Å². The second-order valence-electron chi connectivity index (χ2n) is 13.0. The fraction of sp³-hybridized carbons (Fsp3) is 0.0811. The van der Waals surface area contributed by atoms with Crippen molar-refractivity contribution in [3.05, 3.63) is 103 Å². The molecule has 0 aromatic heterocycles. The number of rotatable bonds is 21. The molecule has 0 amide bonds. The Morgan fingerprint density at radius 3 is 1.87 bits per heavy atom. The maximum atomic E-state index is 13.2. The Morgan fingerprint density at radius 1 is 0.687 bits per heavy atom. The number of hydrogen-bond donors (Lipinski definition) is 7. The monoisotopic (exact) mass is 1020 g/mol. The number of azo groups is 3. The van der Waals surface area contributed by atoms with Gasteiger partial charge in [0.15, 0.2) is 27.9 Å². The van der Waals surface area contributed by atoms with Gasteiger partial charge in [0.2, 0.25) is 0 Å². The molecular weight excluding hydrogens is 987 g/mol. The normalized spacial score (nSPS) is 12.5. The number of methoxy groups -OCH3 is 1. The highest BCUT2D eigenvalue weighted by Crippen LogP contribution is 2.50. The van der Waals surface area contributed by atoms with Crippen LogP contribution in [0, 0.1) is 0 Å². The number of aromatic hydroxyl groups is 1. The maximum Gasteiger partial charge on any atom is 0.295 e. The third-order valence-corrected chi connectivity index (χ3v) is 13.8. The molecule has 9 N–H and O–H groups in total. The Hall–Kier alpha value is -6.39. The largest absolute Gasteiger partial charge is 0.505 e. The van der Waals surface area contributed by atoms with Gasteiger partial charge < -0.3 is 21.3 Å². The third kappa shape index (κ3) is 12.7. The van der Waals surface area contributed by atoms with Crippen molar-refractivity contribution in [1.29, 1.82) is 0 Å². The van der Waals surface area contributed by atoms with Crippen LogP contribution in [0.3, 0.4) is 0 Å². The highest BCUT2D eigenvalue weighted by molar-refractivity contribution is 7.94. The molecule has 0 saturated heterocycles. The van der Waals surface area contributed by atoms with E-state index < -0.39 is 57.5 Å². The van der Waals surface area contributed by atoms with E-state index in [2.05, 4.69) is 54.2 Å². The number of fused-ring (bicyclic) bond motifs is 1. The Morgan fingerprint density at radius 2 is 1.27 bits per heavy atom. The summed E-state index contributed by atoms with van der Waals surface area (Å²) in [7, 11) is -11.6. The fourth-order valence-electron chi connectivity index (χ4n) is 5.67. The summed E-state index contributed by atoms with van der Waals surface area (Å²) in [6, 6.07) is 22.8. The Bertz CT molecular complexity index is 3180. The van der Waals surface area contributed by atoms with Crippen molar-refractivity contribution in [2.75, 3.05) is 35.7 Å². The van der Waals surface area contributed by atoms with Crippen LogP contribution in [0.5, 0.6) is 11.5 Å².